The first-order chi connectivity index (χ1) is 12.1. The van der Waals surface area contributed by atoms with Gasteiger partial charge in [-0.3, -0.25) is 14.9 Å². The molecule has 6 nitrogen and oxygen atoms in total. The van der Waals surface area contributed by atoms with Gasteiger partial charge < -0.3 is 10.6 Å². The van der Waals surface area contributed by atoms with Crippen LogP contribution in [0.4, 0.5) is 4.79 Å². The summed E-state index contributed by atoms with van der Waals surface area (Å²) < 4.78 is 0. The zero-order chi connectivity index (χ0) is 17.6. The Hall–Kier alpha value is -3.15. The number of carbonyl (C=O) groups is 3. The first-order valence-electron chi connectivity index (χ1n) is 8.14. The van der Waals surface area contributed by atoms with Crippen LogP contribution in [0.3, 0.4) is 0 Å². The van der Waals surface area contributed by atoms with Crippen LogP contribution in [0.2, 0.25) is 0 Å². The van der Waals surface area contributed by atoms with Gasteiger partial charge in [0.05, 0.1) is 0 Å². The zero-order valence-corrected chi connectivity index (χ0v) is 13.6. The summed E-state index contributed by atoms with van der Waals surface area (Å²) in [4.78, 5) is 34.4. The maximum absolute atomic E-state index is 12.0. The van der Waals surface area contributed by atoms with Gasteiger partial charge in [0.1, 0.15) is 6.04 Å². The number of amides is 4. The van der Waals surface area contributed by atoms with Crippen LogP contribution in [0.1, 0.15) is 18.4 Å². The Balaban J connectivity index is 1.51. The summed E-state index contributed by atoms with van der Waals surface area (Å²) in [6.45, 7) is 0.419. The number of nitrogens with one attached hydrogen (secondary N) is 3. The SMILES string of the molecule is O=C(CCC1NC(=O)NC1=O)NCc1cccc(-c2ccccc2)c1. The molecule has 1 saturated heterocycles. The largest absolute Gasteiger partial charge is 0.352 e. The molecule has 2 aromatic carbocycles. The number of benzene rings is 2. The topological polar surface area (TPSA) is 87.3 Å². The molecule has 0 spiro atoms. The second-order valence-electron chi connectivity index (χ2n) is 5.90. The van der Waals surface area contributed by atoms with Gasteiger partial charge in [-0.15, -0.1) is 0 Å². The summed E-state index contributed by atoms with van der Waals surface area (Å²) >= 11 is 0. The van der Waals surface area contributed by atoms with Gasteiger partial charge in [-0.25, -0.2) is 4.79 Å². The van der Waals surface area contributed by atoms with E-state index in [9.17, 15) is 14.4 Å². The molecule has 0 bridgehead atoms. The first kappa shape index (κ1) is 16.7. The third kappa shape index (κ3) is 4.44. The molecule has 0 aromatic heterocycles. The molecule has 128 valence electrons. The highest BCUT2D eigenvalue weighted by Gasteiger charge is 2.29. The zero-order valence-electron chi connectivity index (χ0n) is 13.6. The highest BCUT2D eigenvalue weighted by molar-refractivity contribution is 6.04. The highest BCUT2D eigenvalue weighted by atomic mass is 16.2. The van der Waals surface area contributed by atoms with E-state index >= 15 is 0 Å². The third-order valence-electron chi connectivity index (χ3n) is 4.04. The monoisotopic (exact) mass is 337 g/mol. The lowest BCUT2D eigenvalue weighted by Crippen LogP contribution is -2.31. The molecule has 3 rings (SSSR count). The van der Waals surface area contributed by atoms with Crippen LogP contribution in [0.25, 0.3) is 11.1 Å². The Morgan fingerprint density at radius 1 is 1.00 bits per heavy atom. The number of hydrogen-bond acceptors (Lipinski definition) is 3. The fraction of sp³-hybridized carbons (Fsp3) is 0.211. The van der Waals surface area contributed by atoms with Crippen molar-refractivity contribution >= 4 is 17.8 Å². The minimum atomic E-state index is -0.625. The quantitative estimate of drug-likeness (QED) is 0.704. The van der Waals surface area contributed by atoms with Crippen molar-refractivity contribution in [3.05, 3.63) is 60.2 Å². The molecule has 4 amide bonds. The molecule has 1 atom stereocenters. The van der Waals surface area contributed by atoms with Crippen LogP contribution in [0, 0.1) is 0 Å². The number of urea groups is 1. The van der Waals surface area contributed by atoms with Crippen molar-refractivity contribution in [2.24, 2.45) is 0 Å². The number of carbonyl (C=O) groups excluding carboxylic acids is 3. The molecule has 1 fully saturated rings. The van der Waals surface area contributed by atoms with Gasteiger partial charge in [-0.05, 0) is 29.2 Å². The molecule has 3 N–H and O–H groups in total. The van der Waals surface area contributed by atoms with E-state index in [0.717, 1.165) is 16.7 Å². The first-order valence-corrected chi connectivity index (χ1v) is 8.14. The van der Waals surface area contributed by atoms with Crippen molar-refractivity contribution in [3.8, 4) is 11.1 Å². The molecular weight excluding hydrogens is 318 g/mol. The van der Waals surface area contributed by atoms with E-state index in [0.29, 0.717) is 6.54 Å². The normalized spacial score (nSPS) is 16.2. The van der Waals surface area contributed by atoms with Crippen LogP contribution in [0.5, 0.6) is 0 Å². The van der Waals surface area contributed by atoms with Gasteiger partial charge in [-0.1, -0.05) is 48.5 Å². The summed E-state index contributed by atoms with van der Waals surface area (Å²) in [5.41, 5.74) is 3.22. The third-order valence-corrected chi connectivity index (χ3v) is 4.04. The summed E-state index contributed by atoms with van der Waals surface area (Å²) in [7, 11) is 0. The van der Waals surface area contributed by atoms with E-state index in [4.69, 9.17) is 0 Å². The Morgan fingerprint density at radius 2 is 1.76 bits per heavy atom. The van der Waals surface area contributed by atoms with Crippen molar-refractivity contribution in [2.45, 2.75) is 25.4 Å². The Labute approximate surface area is 145 Å². The van der Waals surface area contributed by atoms with Crippen LogP contribution < -0.4 is 16.0 Å². The molecule has 6 heteroatoms. The maximum atomic E-state index is 12.0. The molecule has 2 aromatic rings. The minimum absolute atomic E-state index is 0.154. The van der Waals surface area contributed by atoms with Crippen molar-refractivity contribution in [3.63, 3.8) is 0 Å². The summed E-state index contributed by atoms with van der Waals surface area (Å²) in [6, 6.07) is 16.9. The predicted molar refractivity (Wildman–Crippen MR) is 93.4 cm³/mol. The van der Waals surface area contributed by atoms with E-state index in [2.05, 4.69) is 16.0 Å². The molecule has 1 heterocycles. The highest BCUT2D eigenvalue weighted by Crippen LogP contribution is 2.19. The Kier molecular flexibility index (Phi) is 5.09. The molecule has 25 heavy (non-hydrogen) atoms. The minimum Gasteiger partial charge on any atom is -0.352 e. The molecule has 0 aliphatic carbocycles. The Bertz CT molecular complexity index is 790. The number of rotatable bonds is 6. The van der Waals surface area contributed by atoms with E-state index in [1.54, 1.807) is 0 Å². The summed E-state index contributed by atoms with van der Waals surface area (Å²) in [5.74, 6) is -0.535. The standard InChI is InChI=1S/C19H19N3O3/c23-17(10-9-16-18(24)22-19(25)21-16)20-12-13-5-4-8-15(11-13)14-6-2-1-3-7-14/h1-8,11,16H,9-10,12H2,(H,20,23)(H2,21,22,24,25). The Morgan fingerprint density at radius 3 is 2.48 bits per heavy atom. The molecule has 1 aliphatic heterocycles. The lowest BCUT2D eigenvalue weighted by Gasteiger charge is -2.09. The smallest absolute Gasteiger partial charge is 0.322 e. The van der Waals surface area contributed by atoms with Gasteiger partial charge in [0.25, 0.3) is 5.91 Å². The fourth-order valence-electron chi connectivity index (χ4n) is 2.72. The van der Waals surface area contributed by atoms with Crippen molar-refractivity contribution in [1.82, 2.24) is 16.0 Å². The van der Waals surface area contributed by atoms with Gasteiger partial charge in [-0.2, -0.15) is 0 Å². The van der Waals surface area contributed by atoms with Gasteiger partial charge in [0.15, 0.2) is 0 Å². The van der Waals surface area contributed by atoms with Crippen LogP contribution in [0.15, 0.2) is 54.6 Å². The van der Waals surface area contributed by atoms with E-state index in [1.165, 1.54) is 0 Å². The molecular formula is C19H19N3O3. The average molecular weight is 337 g/mol. The van der Waals surface area contributed by atoms with E-state index in [1.807, 2.05) is 54.6 Å². The second-order valence-corrected chi connectivity index (χ2v) is 5.90. The lowest BCUT2D eigenvalue weighted by molar-refractivity contribution is -0.122. The molecule has 1 aliphatic rings. The van der Waals surface area contributed by atoms with E-state index in [-0.39, 0.29) is 24.7 Å². The summed E-state index contributed by atoms with van der Waals surface area (Å²) in [6.07, 6.45) is 0.463. The fourth-order valence-corrected chi connectivity index (χ4v) is 2.72. The second kappa shape index (κ2) is 7.61. The van der Waals surface area contributed by atoms with Crippen molar-refractivity contribution in [1.29, 1.82) is 0 Å². The van der Waals surface area contributed by atoms with Crippen LogP contribution >= 0.6 is 0 Å². The predicted octanol–water partition coefficient (Wildman–Crippen LogP) is 1.96. The lowest BCUT2D eigenvalue weighted by atomic mass is 10.0. The van der Waals surface area contributed by atoms with Gasteiger partial charge in [0, 0.05) is 13.0 Å². The van der Waals surface area contributed by atoms with Crippen LogP contribution in [-0.4, -0.2) is 23.9 Å². The van der Waals surface area contributed by atoms with Crippen LogP contribution in [-0.2, 0) is 16.1 Å². The molecule has 0 saturated carbocycles. The van der Waals surface area contributed by atoms with E-state index < -0.39 is 12.1 Å². The van der Waals surface area contributed by atoms with Crippen molar-refractivity contribution < 1.29 is 14.4 Å². The van der Waals surface area contributed by atoms with Crippen molar-refractivity contribution in [2.75, 3.05) is 0 Å². The molecule has 1 unspecified atom stereocenters. The number of imide groups is 1. The van der Waals surface area contributed by atoms with Gasteiger partial charge in [0.2, 0.25) is 5.91 Å². The summed E-state index contributed by atoms with van der Waals surface area (Å²) in [5, 5.41) is 7.47. The molecule has 0 radical (unpaired) electrons. The number of hydrogen-bond donors (Lipinski definition) is 3. The average Bonchev–Trinajstić information content (AvgIpc) is 2.96. The maximum Gasteiger partial charge on any atom is 0.322 e. The van der Waals surface area contributed by atoms with Gasteiger partial charge >= 0.3 is 6.03 Å².